The number of nitrogens with zero attached hydrogens (tertiary/aromatic N) is 4. The van der Waals surface area contributed by atoms with E-state index in [-0.39, 0.29) is 5.56 Å². The summed E-state index contributed by atoms with van der Waals surface area (Å²) in [4.78, 5) is 12.9. The maximum Gasteiger partial charge on any atom is 0.262 e. The van der Waals surface area contributed by atoms with E-state index in [1.165, 1.54) is 0 Å². The van der Waals surface area contributed by atoms with E-state index in [1.807, 2.05) is 35.6 Å². The smallest absolute Gasteiger partial charge is 0.262 e. The SMILES string of the molecule is CCCSc1nnc2n(CCCOCC)c(=O)c3ccccc3n12. The normalized spacial score (nSPS) is 11.6. The van der Waals surface area contributed by atoms with Gasteiger partial charge >= 0.3 is 0 Å². The quantitative estimate of drug-likeness (QED) is 0.463. The second kappa shape index (κ2) is 7.81. The van der Waals surface area contributed by atoms with Crippen LogP contribution in [-0.2, 0) is 11.3 Å². The van der Waals surface area contributed by atoms with Gasteiger partial charge in [-0.05, 0) is 31.9 Å². The highest BCUT2D eigenvalue weighted by Crippen LogP contribution is 2.22. The first kappa shape index (κ1) is 17.0. The maximum atomic E-state index is 12.9. The third-order valence-corrected chi connectivity index (χ3v) is 4.92. The molecule has 0 radical (unpaired) electrons. The van der Waals surface area contributed by atoms with Crippen LogP contribution in [0.25, 0.3) is 16.7 Å². The lowest BCUT2D eigenvalue weighted by molar-refractivity contribution is 0.141. The Labute approximate surface area is 144 Å². The lowest BCUT2D eigenvalue weighted by Crippen LogP contribution is -2.24. The number of fused-ring (bicyclic) bond motifs is 3. The molecular formula is C17H22N4O2S. The summed E-state index contributed by atoms with van der Waals surface area (Å²) in [5.41, 5.74) is 0.844. The zero-order valence-electron chi connectivity index (χ0n) is 14.1. The Morgan fingerprint density at radius 2 is 2.04 bits per heavy atom. The van der Waals surface area contributed by atoms with Crippen LogP contribution < -0.4 is 5.56 Å². The molecule has 1 aromatic carbocycles. The molecule has 0 atom stereocenters. The number of hydrogen-bond acceptors (Lipinski definition) is 5. The van der Waals surface area contributed by atoms with Crippen molar-refractivity contribution >= 4 is 28.4 Å². The van der Waals surface area contributed by atoms with Crippen LogP contribution in [0.15, 0.2) is 34.2 Å². The molecule has 3 rings (SSSR count). The number of thioether (sulfide) groups is 1. The van der Waals surface area contributed by atoms with E-state index in [2.05, 4.69) is 17.1 Å². The molecule has 0 N–H and O–H groups in total. The van der Waals surface area contributed by atoms with Crippen molar-refractivity contribution in [1.82, 2.24) is 19.2 Å². The number of aryl methyl sites for hydroxylation is 1. The second-order valence-corrected chi connectivity index (χ2v) is 6.55. The van der Waals surface area contributed by atoms with E-state index in [0.29, 0.717) is 30.9 Å². The molecule has 0 aliphatic heterocycles. The predicted molar refractivity (Wildman–Crippen MR) is 96.9 cm³/mol. The molecule has 7 heteroatoms. The van der Waals surface area contributed by atoms with E-state index in [1.54, 1.807) is 16.3 Å². The average Bonchev–Trinajstić information content (AvgIpc) is 3.03. The molecular weight excluding hydrogens is 324 g/mol. The molecule has 0 saturated carbocycles. The first-order valence-electron chi connectivity index (χ1n) is 8.35. The summed E-state index contributed by atoms with van der Waals surface area (Å²) in [5, 5.41) is 10.1. The summed E-state index contributed by atoms with van der Waals surface area (Å²) in [6, 6.07) is 7.65. The van der Waals surface area contributed by atoms with Gasteiger partial charge in [-0.15, -0.1) is 10.2 Å². The Balaban J connectivity index is 2.13. The van der Waals surface area contributed by atoms with Crippen molar-refractivity contribution in [2.75, 3.05) is 19.0 Å². The first-order chi connectivity index (χ1) is 11.8. The van der Waals surface area contributed by atoms with Crippen LogP contribution in [0.1, 0.15) is 26.7 Å². The van der Waals surface area contributed by atoms with Gasteiger partial charge in [-0.1, -0.05) is 30.8 Å². The number of para-hydroxylation sites is 1. The van der Waals surface area contributed by atoms with Crippen molar-refractivity contribution in [1.29, 1.82) is 0 Å². The zero-order valence-corrected chi connectivity index (χ0v) is 14.9. The van der Waals surface area contributed by atoms with Gasteiger partial charge in [-0.3, -0.25) is 13.8 Å². The number of benzene rings is 1. The molecule has 0 bridgehead atoms. The third-order valence-electron chi connectivity index (χ3n) is 3.79. The minimum atomic E-state index is -0.0194. The molecule has 24 heavy (non-hydrogen) atoms. The number of ether oxygens (including phenoxy) is 1. The van der Waals surface area contributed by atoms with Crippen LogP contribution in [0.3, 0.4) is 0 Å². The number of hydrogen-bond donors (Lipinski definition) is 0. The fourth-order valence-corrected chi connectivity index (χ4v) is 3.49. The van der Waals surface area contributed by atoms with E-state index in [4.69, 9.17) is 4.74 Å². The van der Waals surface area contributed by atoms with E-state index >= 15 is 0 Å². The molecule has 0 aliphatic rings. The molecule has 0 spiro atoms. The van der Waals surface area contributed by atoms with Gasteiger partial charge in [0.05, 0.1) is 10.9 Å². The Bertz CT molecular complexity index is 887. The van der Waals surface area contributed by atoms with Gasteiger partial charge in [-0.25, -0.2) is 0 Å². The molecule has 2 heterocycles. The minimum Gasteiger partial charge on any atom is -0.382 e. The second-order valence-electron chi connectivity index (χ2n) is 5.49. The van der Waals surface area contributed by atoms with Crippen molar-refractivity contribution in [3.05, 3.63) is 34.6 Å². The van der Waals surface area contributed by atoms with Crippen LogP contribution in [0, 0.1) is 0 Å². The van der Waals surface area contributed by atoms with Gasteiger partial charge in [-0.2, -0.15) is 0 Å². The summed E-state index contributed by atoms with van der Waals surface area (Å²) < 4.78 is 9.10. The fraction of sp³-hybridized carbons (Fsp3) is 0.471. The highest BCUT2D eigenvalue weighted by atomic mass is 32.2. The van der Waals surface area contributed by atoms with Gasteiger partial charge in [0.15, 0.2) is 5.16 Å². The van der Waals surface area contributed by atoms with Crippen LogP contribution in [0.4, 0.5) is 0 Å². The molecule has 0 amide bonds. The average molecular weight is 346 g/mol. The fourth-order valence-electron chi connectivity index (χ4n) is 2.69. The van der Waals surface area contributed by atoms with Crippen molar-refractivity contribution in [2.24, 2.45) is 0 Å². The molecule has 0 fully saturated rings. The lowest BCUT2D eigenvalue weighted by Gasteiger charge is -2.11. The molecule has 0 saturated heterocycles. The summed E-state index contributed by atoms with van der Waals surface area (Å²) in [7, 11) is 0. The highest BCUT2D eigenvalue weighted by molar-refractivity contribution is 7.99. The zero-order chi connectivity index (χ0) is 16.9. The van der Waals surface area contributed by atoms with E-state index in [9.17, 15) is 4.79 Å². The monoisotopic (exact) mass is 346 g/mol. The van der Waals surface area contributed by atoms with Crippen LogP contribution in [0.5, 0.6) is 0 Å². The van der Waals surface area contributed by atoms with Gasteiger partial charge in [0.2, 0.25) is 5.78 Å². The molecule has 128 valence electrons. The molecule has 0 aliphatic carbocycles. The molecule has 0 unspecified atom stereocenters. The minimum absolute atomic E-state index is 0.0194. The summed E-state index contributed by atoms with van der Waals surface area (Å²) in [6.07, 6.45) is 1.83. The standard InChI is InChI=1S/C17H22N4O2S/c1-3-12-24-17-19-18-16-20(10-7-11-23-4-2)15(22)13-8-5-6-9-14(13)21(16)17/h5-6,8-9H,3-4,7,10-12H2,1-2H3. The summed E-state index contributed by atoms with van der Waals surface area (Å²) in [6.45, 7) is 6.00. The number of rotatable bonds is 8. The summed E-state index contributed by atoms with van der Waals surface area (Å²) in [5.74, 6) is 1.58. The molecule has 3 aromatic rings. The van der Waals surface area contributed by atoms with E-state index in [0.717, 1.165) is 29.3 Å². The molecule has 6 nitrogen and oxygen atoms in total. The van der Waals surface area contributed by atoms with Gasteiger partial charge in [0, 0.05) is 25.5 Å². The van der Waals surface area contributed by atoms with Gasteiger partial charge in [0.1, 0.15) is 0 Å². The van der Waals surface area contributed by atoms with Crippen molar-refractivity contribution in [3.8, 4) is 0 Å². The van der Waals surface area contributed by atoms with Crippen LogP contribution in [0.2, 0.25) is 0 Å². The Morgan fingerprint density at radius 3 is 2.83 bits per heavy atom. The maximum absolute atomic E-state index is 12.9. The van der Waals surface area contributed by atoms with Crippen molar-refractivity contribution < 1.29 is 4.74 Å². The Morgan fingerprint density at radius 1 is 1.21 bits per heavy atom. The van der Waals surface area contributed by atoms with Crippen LogP contribution >= 0.6 is 11.8 Å². The highest BCUT2D eigenvalue weighted by Gasteiger charge is 2.16. The van der Waals surface area contributed by atoms with Crippen molar-refractivity contribution in [3.63, 3.8) is 0 Å². The summed E-state index contributed by atoms with van der Waals surface area (Å²) >= 11 is 1.67. The largest absolute Gasteiger partial charge is 0.382 e. The number of aromatic nitrogens is 4. The Hall–Kier alpha value is -1.86. The van der Waals surface area contributed by atoms with Crippen LogP contribution in [-0.4, -0.2) is 38.1 Å². The Kier molecular flexibility index (Phi) is 5.52. The lowest BCUT2D eigenvalue weighted by atomic mass is 10.2. The van der Waals surface area contributed by atoms with Crippen molar-refractivity contribution in [2.45, 2.75) is 38.4 Å². The third kappa shape index (κ3) is 3.18. The van der Waals surface area contributed by atoms with Gasteiger partial charge < -0.3 is 4.74 Å². The first-order valence-corrected chi connectivity index (χ1v) is 9.33. The topological polar surface area (TPSA) is 61.4 Å². The van der Waals surface area contributed by atoms with Gasteiger partial charge in [0.25, 0.3) is 5.56 Å². The molecule has 2 aromatic heterocycles. The predicted octanol–water partition coefficient (Wildman–Crippen LogP) is 2.97. The van der Waals surface area contributed by atoms with E-state index < -0.39 is 0 Å².